The summed E-state index contributed by atoms with van der Waals surface area (Å²) in [6.07, 6.45) is -4.49. The van der Waals surface area contributed by atoms with Crippen molar-refractivity contribution in [3.05, 3.63) is 24.3 Å². The van der Waals surface area contributed by atoms with Crippen molar-refractivity contribution in [3.8, 4) is 5.75 Å². The molecule has 0 bridgehead atoms. The number of nitrogens with zero attached hydrogens (tertiary/aromatic N) is 1. The molecule has 0 spiro atoms. The molecule has 1 fully saturated rings. The van der Waals surface area contributed by atoms with Crippen LogP contribution in [0.1, 0.15) is 0 Å². The van der Waals surface area contributed by atoms with E-state index in [1.54, 1.807) is 5.32 Å². The van der Waals surface area contributed by atoms with Gasteiger partial charge in [-0.1, -0.05) is 0 Å². The van der Waals surface area contributed by atoms with Crippen LogP contribution < -0.4 is 10.1 Å². The maximum Gasteiger partial charge on any atom is 0.405 e. The van der Waals surface area contributed by atoms with Crippen molar-refractivity contribution in [2.24, 2.45) is 0 Å². The lowest BCUT2D eigenvalue weighted by atomic mass is 10.3. The van der Waals surface area contributed by atoms with Gasteiger partial charge in [0.1, 0.15) is 12.3 Å². The van der Waals surface area contributed by atoms with E-state index in [9.17, 15) is 26.4 Å². The first-order valence-corrected chi connectivity index (χ1v) is 8.77. The molecule has 0 radical (unpaired) electrons. The average Bonchev–Trinajstić information content (AvgIpc) is 2.58. The van der Waals surface area contributed by atoms with Crippen LogP contribution >= 0.6 is 0 Å². The minimum Gasteiger partial charge on any atom is -0.484 e. The molecule has 1 heterocycles. The highest BCUT2D eigenvalue weighted by atomic mass is 32.2. The normalized spacial score (nSPS) is 16.4. The number of hydrogen-bond donors (Lipinski definition) is 1. The highest BCUT2D eigenvalue weighted by Gasteiger charge is 2.28. The summed E-state index contributed by atoms with van der Waals surface area (Å²) in [7, 11) is -3.64. The van der Waals surface area contributed by atoms with Crippen LogP contribution in [0.15, 0.2) is 29.2 Å². The predicted octanol–water partition coefficient (Wildman–Crippen LogP) is 0.765. The van der Waals surface area contributed by atoms with Gasteiger partial charge in [0.25, 0.3) is 5.91 Å². The fourth-order valence-corrected chi connectivity index (χ4v) is 3.45. The van der Waals surface area contributed by atoms with E-state index in [0.29, 0.717) is 13.2 Å². The molecular weight excluding hydrogens is 365 g/mol. The molecule has 1 amide bonds. The van der Waals surface area contributed by atoms with Gasteiger partial charge in [-0.2, -0.15) is 17.5 Å². The predicted molar refractivity (Wildman–Crippen MR) is 80.6 cm³/mol. The zero-order valence-electron chi connectivity index (χ0n) is 13.1. The number of rotatable bonds is 6. The number of halogens is 3. The lowest BCUT2D eigenvalue weighted by Gasteiger charge is -2.26. The number of morpholine rings is 1. The molecule has 1 aliphatic rings. The average molecular weight is 382 g/mol. The molecule has 140 valence electrons. The Morgan fingerprint density at radius 1 is 1.20 bits per heavy atom. The van der Waals surface area contributed by atoms with E-state index in [0.717, 1.165) is 0 Å². The highest BCUT2D eigenvalue weighted by Crippen LogP contribution is 2.20. The first-order valence-electron chi connectivity index (χ1n) is 7.33. The van der Waals surface area contributed by atoms with Crippen LogP contribution in [-0.4, -0.2) is 64.3 Å². The van der Waals surface area contributed by atoms with Crippen molar-refractivity contribution in [1.82, 2.24) is 9.62 Å². The zero-order chi connectivity index (χ0) is 18.5. The molecule has 2 rings (SSSR count). The third-order valence-electron chi connectivity index (χ3n) is 3.29. The van der Waals surface area contributed by atoms with Crippen LogP contribution in [-0.2, 0) is 19.6 Å². The zero-order valence-corrected chi connectivity index (χ0v) is 13.9. The Labute approximate surface area is 142 Å². The van der Waals surface area contributed by atoms with Gasteiger partial charge in [0.05, 0.1) is 18.1 Å². The summed E-state index contributed by atoms with van der Waals surface area (Å²) in [5.41, 5.74) is 0. The smallest absolute Gasteiger partial charge is 0.405 e. The third kappa shape index (κ3) is 5.87. The lowest BCUT2D eigenvalue weighted by Crippen LogP contribution is -2.40. The van der Waals surface area contributed by atoms with E-state index >= 15 is 0 Å². The number of carbonyl (C=O) groups excluding carboxylic acids is 1. The van der Waals surface area contributed by atoms with Gasteiger partial charge in [0.2, 0.25) is 10.0 Å². The second-order valence-corrected chi connectivity index (χ2v) is 7.11. The van der Waals surface area contributed by atoms with Gasteiger partial charge < -0.3 is 14.8 Å². The maximum atomic E-state index is 12.4. The monoisotopic (exact) mass is 382 g/mol. The number of nitrogens with one attached hydrogen (secondary N) is 1. The second-order valence-electron chi connectivity index (χ2n) is 5.17. The molecular formula is C14H17F3N2O5S. The maximum absolute atomic E-state index is 12.4. The minimum absolute atomic E-state index is 0.0586. The number of ether oxygens (including phenoxy) is 2. The minimum atomic E-state index is -4.49. The number of sulfonamides is 1. The Morgan fingerprint density at radius 2 is 1.80 bits per heavy atom. The van der Waals surface area contributed by atoms with E-state index in [-0.39, 0.29) is 23.7 Å². The molecule has 1 aromatic rings. The molecule has 1 aliphatic heterocycles. The van der Waals surface area contributed by atoms with E-state index in [2.05, 4.69) is 0 Å². The number of amides is 1. The van der Waals surface area contributed by atoms with Crippen LogP contribution in [0.2, 0.25) is 0 Å². The summed E-state index contributed by atoms with van der Waals surface area (Å²) in [5.74, 6) is -0.759. The molecule has 1 aromatic carbocycles. The van der Waals surface area contributed by atoms with Gasteiger partial charge >= 0.3 is 6.18 Å². The number of benzene rings is 1. The Hall–Kier alpha value is -1.85. The molecule has 0 aliphatic carbocycles. The standard InChI is InChI=1S/C14H17F3N2O5S/c15-14(16,17)10-18-13(20)9-24-11-1-3-12(4-2-11)25(21,22)19-5-7-23-8-6-19/h1-4H,5-10H2,(H,18,20). The quantitative estimate of drug-likeness (QED) is 0.786. The van der Waals surface area contributed by atoms with Crippen molar-refractivity contribution in [2.45, 2.75) is 11.1 Å². The van der Waals surface area contributed by atoms with Gasteiger partial charge in [-0.05, 0) is 24.3 Å². The number of alkyl halides is 3. The van der Waals surface area contributed by atoms with Gasteiger partial charge in [0, 0.05) is 13.1 Å². The lowest BCUT2D eigenvalue weighted by molar-refractivity contribution is -0.139. The van der Waals surface area contributed by atoms with Crippen molar-refractivity contribution in [2.75, 3.05) is 39.5 Å². The van der Waals surface area contributed by atoms with Gasteiger partial charge in [0.15, 0.2) is 6.61 Å². The first-order chi connectivity index (χ1) is 11.7. The van der Waals surface area contributed by atoms with Crippen LogP contribution in [0.5, 0.6) is 5.75 Å². The van der Waals surface area contributed by atoms with E-state index in [4.69, 9.17) is 9.47 Å². The van der Waals surface area contributed by atoms with Crippen LogP contribution in [0, 0.1) is 0 Å². The second kappa shape index (κ2) is 8.02. The van der Waals surface area contributed by atoms with Crippen molar-refractivity contribution < 1.29 is 35.9 Å². The fourth-order valence-electron chi connectivity index (χ4n) is 2.04. The van der Waals surface area contributed by atoms with Crippen LogP contribution in [0.25, 0.3) is 0 Å². The molecule has 25 heavy (non-hydrogen) atoms. The number of hydrogen-bond acceptors (Lipinski definition) is 5. The first kappa shape index (κ1) is 19.5. The fraction of sp³-hybridized carbons (Fsp3) is 0.500. The Kier molecular flexibility index (Phi) is 6.25. The molecule has 0 atom stereocenters. The summed E-state index contributed by atoms with van der Waals surface area (Å²) in [6, 6.07) is 5.30. The molecule has 7 nitrogen and oxygen atoms in total. The Balaban J connectivity index is 1.90. The third-order valence-corrected chi connectivity index (χ3v) is 5.20. The van der Waals surface area contributed by atoms with Gasteiger partial charge in [-0.3, -0.25) is 4.79 Å². The summed E-state index contributed by atoms with van der Waals surface area (Å²) in [5, 5.41) is 1.67. The summed E-state index contributed by atoms with van der Waals surface area (Å²) < 4.78 is 72.2. The Morgan fingerprint density at radius 3 is 2.36 bits per heavy atom. The van der Waals surface area contributed by atoms with E-state index < -0.39 is 35.3 Å². The van der Waals surface area contributed by atoms with Crippen molar-refractivity contribution in [3.63, 3.8) is 0 Å². The molecule has 0 unspecified atom stereocenters. The van der Waals surface area contributed by atoms with Crippen LogP contribution in [0.4, 0.5) is 13.2 Å². The molecule has 1 saturated heterocycles. The molecule has 1 N–H and O–H groups in total. The van der Waals surface area contributed by atoms with Crippen LogP contribution in [0.3, 0.4) is 0 Å². The molecule has 0 saturated carbocycles. The van der Waals surface area contributed by atoms with Gasteiger partial charge in [-0.15, -0.1) is 0 Å². The van der Waals surface area contributed by atoms with E-state index in [1.807, 2.05) is 0 Å². The molecule has 11 heteroatoms. The largest absolute Gasteiger partial charge is 0.484 e. The van der Waals surface area contributed by atoms with E-state index in [1.165, 1.54) is 28.6 Å². The van der Waals surface area contributed by atoms with Crippen molar-refractivity contribution >= 4 is 15.9 Å². The summed E-state index contributed by atoms with van der Waals surface area (Å²) in [4.78, 5) is 11.3. The molecule has 0 aromatic heterocycles. The summed E-state index contributed by atoms with van der Waals surface area (Å²) in [6.45, 7) is -0.863. The number of carbonyl (C=O) groups is 1. The Bertz CT molecular complexity index is 685. The highest BCUT2D eigenvalue weighted by molar-refractivity contribution is 7.89. The van der Waals surface area contributed by atoms with Gasteiger partial charge in [-0.25, -0.2) is 8.42 Å². The topological polar surface area (TPSA) is 84.9 Å². The SMILES string of the molecule is O=C(COc1ccc(S(=O)(=O)N2CCOCC2)cc1)NCC(F)(F)F. The van der Waals surface area contributed by atoms with Crippen molar-refractivity contribution in [1.29, 1.82) is 0 Å². The summed E-state index contributed by atoms with van der Waals surface area (Å²) >= 11 is 0.